The number of aromatic nitrogens is 2. The summed E-state index contributed by atoms with van der Waals surface area (Å²) in [6, 6.07) is 6.30. The number of aliphatic carboxylic acids is 1. The minimum atomic E-state index is -4.50. The number of hydrogen-bond acceptors (Lipinski definition) is 11. The fraction of sp³-hybridized carbons (Fsp3) is 0.350. The highest BCUT2D eigenvalue weighted by molar-refractivity contribution is 7.52. The van der Waals surface area contributed by atoms with Crippen LogP contribution in [-0.2, 0) is 18.6 Å². The molecule has 14 nitrogen and oxygen atoms in total. The maximum atomic E-state index is 15.4. The van der Waals surface area contributed by atoms with Gasteiger partial charge in [0.15, 0.2) is 11.9 Å². The van der Waals surface area contributed by atoms with Crippen molar-refractivity contribution in [3.63, 3.8) is 0 Å². The van der Waals surface area contributed by atoms with E-state index in [2.05, 4.69) is 25.1 Å². The molecule has 6 atom stereocenters. The summed E-state index contributed by atoms with van der Waals surface area (Å²) in [6.07, 6.45) is -4.47. The molecule has 17 heteroatoms. The van der Waals surface area contributed by atoms with Gasteiger partial charge in [0, 0.05) is 10.5 Å². The van der Waals surface area contributed by atoms with Crippen LogP contribution in [0.1, 0.15) is 18.6 Å². The third-order valence-electron chi connectivity index (χ3n) is 5.45. The van der Waals surface area contributed by atoms with E-state index in [0.29, 0.717) is 4.70 Å². The number of carbonyl (C=O) groups is 1. The van der Waals surface area contributed by atoms with E-state index in [1.54, 1.807) is 18.2 Å². The Kier molecular flexibility index (Phi) is 7.62. The number of nitrogens with one attached hydrogen (secondary N) is 1. The molecule has 5 N–H and O–H groups in total. The number of halogens is 1. The number of para-hydroxylation sites is 1. The number of anilines is 1. The quantitative estimate of drug-likeness (QED) is 0.124. The Labute approximate surface area is 212 Å². The average molecular weight is 553 g/mol. The summed E-state index contributed by atoms with van der Waals surface area (Å²) >= 11 is 1.13. The van der Waals surface area contributed by atoms with Crippen molar-refractivity contribution >= 4 is 41.1 Å². The van der Waals surface area contributed by atoms with Crippen molar-refractivity contribution in [2.24, 2.45) is 5.11 Å². The predicted molar refractivity (Wildman–Crippen MR) is 129 cm³/mol. The number of ether oxygens (including phenoxy) is 1. The van der Waals surface area contributed by atoms with Crippen molar-refractivity contribution in [3.05, 3.63) is 58.0 Å². The Morgan fingerprint density at radius 2 is 2.19 bits per heavy atom. The minimum Gasteiger partial charge on any atom is -0.480 e. The van der Waals surface area contributed by atoms with Crippen LogP contribution in [0.4, 0.5) is 10.2 Å². The molecule has 0 aliphatic carbocycles. The zero-order valence-corrected chi connectivity index (χ0v) is 20.8. The highest BCUT2D eigenvalue weighted by Crippen LogP contribution is 2.50. The number of benzene rings is 1. The molecule has 0 radical (unpaired) electrons. The summed E-state index contributed by atoms with van der Waals surface area (Å²) in [6.45, 7) is 0.234. The zero-order valence-electron chi connectivity index (χ0n) is 19.0. The number of carboxylic acid groups (broad SMARTS) is 1. The molecule has 0 bridgehead atoms. The number of aliphatic hydroxyl groups is 1. The van der Waals surface area contributed by atoms with Crippen LogP contribution in [0.25, 0.3) is 20.7 Å². The Bertz CT molecular complexity index is 1390. The summed E-state index contributed by atoms with van der Waals surface area (Å²) in [5, 5.41) is 27.2. The molecule has 3 heterocycles. The van der Waals surface area contributed by atoms with E-state index in [9.17, 15) is 19.6 Å². The van der Waals surface area contributed by atoms with Gasteiger partial charge in [0.05, 0.1) is 16.8 Å². The van der Waals surface area contributed by atoms with Gasteiger partial charge >= 0.3 is 13.7 Å². The lowest BCUT2D eigenvalue weighted by molar-refractivity contribution is -0.138. The van der Waals surface area contributed by atoms with Crippen LogP contribution in [0, 0.1) is 0 Å². The van der Waals surface area contributed by atoms with Crippen LogP contribution in [-0.4, -0.2) is 56.8 Å². The number of carboxylic acids is 1. The van der Waals surface area contributed by atoms with Crippen LogP contribution >= 0.6 is 19.1 Å². The van der Waals surface area contributed by atoms with Gasteiger partial charge in [-0.15, -0.1) is 11.3 Å². The first-order valence-corrected chi connectivity index (χ1v) is 13.0. The van der Waals surface area contributed by atoms with Gasteiger partial charge in [-0.25, -0.2) is 18.9 Å². The standard InChI is InChI=1S/C20H21FN7O7PS/c1-10(19(30)31)26-36(32,35-11-5-3-2-4-6-11)33-8-20(27-28-23)17(29)13(21)15(34-20)12-7-37-16-14(12)24-9-25-18(16)22/h2-7,9-10,13,15,17,29H,8H2,1H3,(H,26,32)(H,30,31)(H2,22,24,25)/t10?,13-,15-,17-,20+,36?/m0/s1. The first-order chi connectivity index (χ1) is 17.6. The Hall–Kier alpha value is -3.36. The number of rotatable bonds is 10. The molecule has 196 valence electrons. The molecule has 0 spiro atoms. The van der Waals surface area contributed by atoms with E-state index in [4.69, 9.17) is 25.0 Å². The maximum Gasteiger partial charge on any atom is 0.459 e. The van der Waals surface area contributed by atoms with Crippen molar-refractivity contribution in [1.29, 1.82) is 0 Å². The number of azide groups is 1. The first kappa shape index (κ1) is 26.7. The average Bonchev–Trinajstić information content (AvgIpc) is 3.40. The summed E-state index contributed by atoms with van der Waals surface area (Å²) in [5.41, 5.74) is 13.1. The Morgan fingerprint density at radius 1 is 1.46 bits per heavy atom. The van der Waals surface area contributed by atoms with Crippen molar-refractivity contribution < 1.29 is 37.7 Å². The molecule has 1 saturated heterocycles. The molecule has 0 saturated carbocycles. The molecular weight excluding hydrogens is 532 g/mol. The normalized spacial score (nSPS) is 25.8. The summed E-state index contributed by atoms with van der Waals surface area (Å²) in [4.78, 5) is 22.0. The lowest BCUT2D eigenvalue weighted by Gasteiger charge is -2.29. The second-order valence-corrected chi connectivity index (χ2v) is 10.5. The van der Waals surface area contributed by atoms with Gasteiger partial charge in [0.1, 0.15) is 36.1 Å². The van der Waals surface area contributed by atoms with Crippen LogP contribution in [0.3, 0.4) is 0 Å². The molecule has 0 amide bonds. The number of alkyl halides is 1. The summed E-state index contributed by atoms with van der Waals surface area (Å²) < 4.78 is 45.9. The molecule has 3 aromatic rings. The third kappa shape index (κ3) is 5.36. The zero-order chi connectivity index (χ0) is 26.8. The van der Waals surface area contributed by atoms with Crippen molar-refractivity contribution in [2.75, 3.05) is 12.3 Å². The molecule has 2 aromatic heterocycles. The predicted octanol–water partition coefficient (Wildman–Crippen LogP) is 3.32. The molecule has 2 unspecified atom stereocenters. The van der Waals surface area contributed by atoms with Crippen LogP contribution in [0.5, 0.6) is 5.75 Å². The number of aliphatic hydroxyl groups excluding tert-OH is 1. The van der Waals surface area contributed by atoms with Crippen LogP contribution in [0.2, 0.25) is 0 Å². The van der Waals surface area contributed by atoms with Crippen LogP contribution in [0.15, 0.2) is 47.2 Å². The second kappa shape index (κ2) is 10.6. The van der Waals surface area contributed by atoms with Crippen molar-refractivity contribution in [3.8, 4) is 5.75 Å². The highest BCUT2D eigenvalue weighted by atomic mass is 32.1. The molecule has 1 fully saturated rings. The Balaban J connectivity index is 1.64. The Morgan fingerprint density at radius 3 is 2.86 bits per heavy atom. The molecule has 1 aliphatic rings. The summed E-state index contributed by atoms with van der Waals surface area (Å²) in [7, 11) is -4.50. The topological polar surface area (TPSA) is 215 Å². The van der Waals surface area contributed by atoms with Gasteiger partial charge in [-0.2, -0.15) is 5.09 Å². The number of nitrogens with two attached hydrogens (primary N) is 1. The van der Waals surface area contributed by atoms with Crippen molar-refractivity contribution in [1.82, 2.24) is 15.1 Å². The lowest BCUT2D eigenvalue weighted by atomic mass is 10.0. The number of hydrogen-bond donors (Lipinski definition) is 4. The van der Waals surface area contributed by atoms with Gasteiger partial charge in [0.2, 0.25) is 0 Å². The lowest BCUT2D eigenvalue weighted by Crippen LogP contribution is -2.45. The molecule has 4 rings (SSSR count). The van der Waals surface area contributed by atoms with E-state index in [-0.39, 0.29) is 22.6 Å². The molecular formula is C20H21FN7O7PS. The SMILES string of the molecule is CC(NP(=O)(OC[C@@]1(N=[N+]=[N-])O[C@@H](c2csc3c(N)ncnc23)[C@H](F)[C@@H]1O)Oc1ccccc1)C(=O)O. The van der Waals surface area contributed by atoms with Crippen molar-refractivity contribution in [2.45, 2.75) is 37.1 Å². The summed E-state index contributed by atoms with van der Waals surface area (Å²) in [5.74, 6) is -1.14. The second-order valence-electron chi connectivity index (χ2n) is 7.95. The largest absolute Gasteiger partial charge is 0.480 e. The monoisotopic (exact) mass is 553 g/mol. The van der Waals surface area contributed by atoms with E-state index < -0.39 is 50.5 Å². The number of nitrogens with zero attached hydrogens (tertiary/aromatic N) is 5. The van der Waals surface area contributed by atoms with Gasteiger partial charge in [-0.3, -0.25) is 9.32 Å². The number of fused-ring (bicyclic) bond motifs is 1. The highest BCUT2D eigenvalue weighted by Gasteiger charge is 2.57. The van der Waals surface area contributed by atoms with E-state index >= 15 is 4.39 Å². The van der Waals surface area contributed by atoms with Gasteiger partial charge < -0.3 is 25.2 Å². The van der Waals surface area contributed by atoms with Gasteiger partial charge in [-0.05, 0) is 30.0 Å². The maximum absolute atomic E-state index is 15.4. The van der Waals surface area contributed by atoms with E-state index in [0.717, 1.165) is 11.3 Å². The van der Waals surface area contributed by atoms with Gasteiger partial charge in [-0.1, -0.05) is 23.3 Å². The first-order valence-electron chi connectivity index (χ1n) is 10.6. The van der Waals surface area contributed by atoms with Gasteiger partial charge in [0.25, 0.3) is 0 Å². The number of thiophene rings is 1. The molecule has 1 aromatic carbocycles. The number of nitrogen functional groups attached to an aromatic ring is 1. The van der Waals surface area contributed by atoms with E-state index in [1.807, 2.05) is 0 Å². The van der Waals surface area contributed by atoms with Crippen LogP contribution < -0.4 is 15.3 Å². The fourth-order valence-corrected chi connectivity index (χ4v) is 6.04. The van der Waals surface area contributed by atoms with E-state index in [1.165, 1.54) is 30.8 Å². The fourth-order valence-electron chi connectivity index (χ4n) is 3.58. The third-order valence-corrected chi connectivity index (χ3v) is 8.08. The molecule has 1 aliphatic heterocycles. The minimum absolute atomic E-state index is 0.0601. The molecule has 37 heavy (non-hydrogen) atoms. The smallest absolute Gasteiger partial charge is 0.459 e.